The third-order valence-electron chi connectivity index (χ3n) is 5.69. The maximum Gasteiger partial charge on any atom is 0.182 e. The molecular weight excluding hydrogens is 360 g/mol. The molecule has 0 bridgehead atoms. The largest absolute Gasteiger partial charge is 0.223 e. The van der Waals surface area contributed by atoms with E-state index in [0.717, 1.165) is 24.0 Å². The Kier molecular flexibility index (Phi) is 5.44. The van der Waals surface area contributed by atoms with Crippen molar-refractivity contribution in [2.24, 2.45) is 5.92 Å². The van der Waals surface area contributed by atoms with Gasteiger partial charge < -0.3 is 0 Å². The number of benzene rings is 2. The summed E-state index contributed by atoms with van der Waals surface area (Å²) in [5.41, 5.74) is 2.89. The summed E-state index contributed by atoms with van der Waals surface area (Å²) < 4.78 is 26.2. The maximum absolute atomic E-state index is 13.1. The van der Waals surface area contributed by atoms with E-state index in [2.05, 4.69) is 26.0 Å². The lowest BCUT2D eigenvalue weighted by molar-refractivity contribution is 0.387. The monoisotopic (exact) mass is 384 g/mol. The van der Waals surface area contributed by atoms with E-state index in [4.69, 9.17) is 12.2 Å². The first-order valence-electron chi connectivity index (χ1n) is 8.87. The first kappa shape index (κ1) is 19.0. The van der Waals surface area contributed by atoms with Crippen LogP contribution in [0.4, 0.5) is 0 Å². The third kappa shape index (κ3) is 3.40. The summed E-state index contributed by atoms with van der Waals surface area (Å²) in [7, 11) is -3.41. The normalized spacial score (nSPS) is 23.7. The molecule has 0 fully saturated rings. The quantitative estimate of drug-likeness (QED) is 0.528. The van der Waals surface area contributed by atoms with Crippen molar-refractivity contribution in [2.75, 3.05) is 5.75 Å². The minimum Gasteiger partial charge on any atom is -0.223 e. The molecule has 0 radical (unpaired) electrons. The number of allylic oxidation sites excluding steroid dienone is 1. The summed E-state index contributed by atoms with van der Waals surface area (Å²) in [6.45, 7) is 4.21. The highest BCUT2D eigenvalue weighted by atomic mass is 32.2. The van der Waals surface area contributed by atoms with E-state index in [9.17, 15) is 8.42 Å². The molecule has 136 valence electrons. The van der Waals surface area contributed by atoms with Gasteiger partial charge in [0.1, 0.15) is 0 Å². The van der Waals surface area contributed by atoms with E-state index in [1.807, 2.05) is 29.6 Å². The lowest BCUT2D eigenvalue weighted by Crippen LogP contribution is -2.40. The molecule has 0 heterocycles. The van der Waals surface area contributed by atoms with Crippen LogP contribution in [0.2, 0.25) is 0 Å². The Balaban J connectivity index is 2.12. The molecule has 2 nitrogen and oxygen atoms in total. The minimum atomic E-state index is -3.41. The molecule has 1 aliphatic rings. The highest BCUT2D eigenvalue weighted by Gasteiger charge is 2.43. The van der Waals surface area contributed by atoms with E-state index in [0.29, 0.717) is 4.90 Å². The van der Waals surface area contributed by atoms with Crippen LogP contribution < -0.4 is 0 Å². The lowest BCUT2D eigenvalue weighted by atomic mass is 9.62. The smallest absolute Gasteiger partial charge is 0.182 e. The second-order valence-corrected chi connectivity index (χ2v) is 9.44. The highest BCUT2D eigenvalue weighted by molar-refractivity contribution is 7.91. The predicted molar refractivity (Wildman–Crippen MR) is 111 cm³/mol. The van der Waals surface area contributed by atoms with Gasteiger partial charge in [0.25, 0.3) is 0 Å². The van der Waals surface area contributed by atoms with Crippen molar-refractivity contribution in [3.8, 4) is 0 Å². The zero-order chi connectivity index (χ0) is 18.8. The van der Waals surface area contributed by atoms with Crippen LogP contribution in [0.1, 0.15) is 32.3 Å². The molecule has 0 saturated heterocycles. The molecule has 0 saturated carbocycles. The zero-order valence-corrected chi connectivity index (χ0v) is 16.8. The van der Waals surface area contributed by atoms with Crippen molar-refractivity contribution < 1.29 is 8.42 Å². The fraction of sp³-hybridized carbons (Fsp3) is 0.318. The fourth-order valence-corrected chi connectivity index (χ4v) is 6.10. The summed E-state index contributed by atoms with van der Waals surface area (Å²) in [6, 6.07) is 18.9. The summed E-state index contributed by atoms with van der Waals surface area (Å²) in [6.07, 6.45) is 1.84. The van der Waals surface area contributed by atoms with Crippen molar-refractivity contribution in [1.29, 1.82) is 0 Å². The summed E-state index contributed by atoms with van der Waals surface area (Å²) in [5.74, 6) is 0.179. The Hall–Kier alpha value is -1.78. The van der Waals surface area contributed by atoms with E-state index in [1.165, 1.54) is 5.57 Å². The van der Waals surface area contributed by atoms with Crippen LogP contribution in [0.5, 0.6) is 0 Å². The standard InChI is InChI=1S/C22H24O2S2/c1-17-13-14-19(15-25)22(2,18-9-5-3-6-10-18)21(17)16-26(23,24)20-11-7-4-8-12-20/h3-12,15,19H,13-14,16H2,1-2H3. The van der Waals surface area contributed by atoms with Crippen LogP contribution >= 0.6 is 12.2 Å². The Morgan fingerprint density at radius 1 is 1.08 bits per heavy atom. The molecule has 26 heavy (non-hydrogen) atoms. The molecule has 1 aliphatic carbocycles. The second-order valence-electron chi connectivity index (χ2n) is 7.18. The highest BCUT2D eigenvalue weighted by Crippen LogP contribution is 2.47. The number of rotatable bonds is 5. The molecule has 3 rings (SSSR count). The average Bonchev–Trinajstić information content (AvgIpc) is 2.67. The average molecular weight is 385 g/mol. The van der Waals surface area contributed by atoms with Gasteiger partial charge in [0, 0.05) is 11.3 Å². The topological polar surface area (TPSA) is 34.1 Å². The molecule has 0 spiro atoms. The van der Waals surface area contributed by atoms with Crippen LogP contribution in [0, 0.1) is 5.92 Å². The molecule has 2 unspecified atom stereocenters. The van der Waals surface area contributed by atoms with Gasteiger partial charge in [0.15, 0.2) is 9.84 Å². The molecule has 0 amide bonds. The van der Waals surface area contributed by atoms with Crippen molar-refractivity contribution in [2.45, 2.75) is 37.0 Å². The van der Waals surface area contributed by atoms with Gasteiger partial charge in [-0.25, -0.2) is 8.42 Å². The van der Waals surface area contributed by atoms with Crippen molar-refractivity contribution >= 4 is 27.4 Å². The van der Waals surface area contributed by atoms with Crippen molar-refractivity contribution in [3.63, 3.8) is 0 Å². The summed E-state index contributed by atoms with van der Waals surface area (Å²) >= 11 is 5.35. The minimum absolute atomic E-state index is 0.0356. The number of hydrogen-bond acceptors (Lipinski definition) is 3. The summed E-state index contributed by atoms with van der Waals surface area (Å²) in [4.78, 5) is 0.375. The van der Waals surface area contributed by atoms with Gasteiger partial charge in [0.05, 0.1) is 10.6 Å². The molecule has 2 aromatic carbocycles. The number of thiocarbonyl (C=S) groups is 1. The van der Waals surface area contributed by atoms with Gasteiger partial charge in [-0.2, -0.15) is 0 Å². The van der Waals surface area contributed by atoms with Gasteiger partial charge in [-0.05, 0) is 48.4 Å². The van der Waals surface area contributed by atoms with Crippen LogP contribution in [-0.4, -0.2) is 19.5 Å². The van der Waals surface area contributed by atoms with Crippen LogP contribution in [0.15, 0.2) is 76.7 Å². The molecule has 0 aromatic heterocycles. The van der Waals surface area contributed by atoms with Gasteiger partial charge in [0.2, 0.25) is 0 Å². The van der Waals surface area contributed by atoms with E-state index < -0.39 is 15.3 Å². The molecular formula is C22H24O2S2. The van der Waals surface area contributed by atoms with Crippen LogP contribution in [0.25, 0.3) is 0 Å². The Morgan fingerprint density at radius 3 is 2.23 bits per heavy atom. The van der Waals surface area contributed by atoms with Gasteiger partial charge in [-0.1, -0.05) is 73.2 Å². The van der Waals surface area contributed by atoms with Crippen LogP contribution in [-0.2, 0) is 15.3 Å². The van der Waals surface area contributed by atoms with Gasteiger partial charge >= 0.3 is 0 Å². The van der Waals surface area contributed by atoms with Crippen molar-refractivity contribution in [3.05, 3.63) is 77.4 Å². The molecule has 2 atom stereocenters. The van der Waals surface area contributed by atoms with E-state index in [1.54, 1.807) is 24.3 Å². The maximum atomic E-state index is 13.1. The zero-order valence-electron chi connectivity index (χ0n) is 15.2. The van der Waals surface area contributed by atoms with Gasteiger partial charge in [-0.15, -0.1) is 0 Å². The van der Waals surface area contributed by atoms with E-state index >= 15 is 0 Å². The fourth-order valence-electron chi connectivity index (χ4n) is 4.03. The Morgan fingerprint density at radius 2 is 1.65 bits per heavy atom. The molecule has 4 heteroatoms. The van der Waals surface area contributed by atoms with Crippen LogP contribution in [0.3, 0.4) is 0 Å². The number of hydrogen-bond donors (Lipinski definition) is 0. The first-order valence-corrected chi connectivity index (χ1v) is 11.0. The molecule has 0 aliphatic heterocycles. The molecule has 0 N–H and O–H groups in total. The van der Waals surface area contributed by atoms with Crippen molar-refractivity contribution in [1.82, 2.24) is 0 Å². The van der Waals surface area contributed by atoms with Gasteiger partial charge in [-0.3, -0.25) is 0 Å². The number of sulfone groups is 1. The Bertz CT molecular complexity index is 915. The summed E-state index contributed by atoms with van der Waals surface area (Å²) in [5, 5.41) is 1.83. The lowest BCUT2D eigenvalue weighted by Gasteiger charge is -2.43. The van der Waals surface area contributed by atoms with E-state index in [-0.39, 0.29) is 11.7 Å². The SMILES string of the molecule is CC1=C(CS(=O)(=O)c2ccccc2)C(C)(c2ccccc2)C(C=S)CC1. The molecule has 2 aromatic rings. The second kappa shape index (κ2) is 7.45. The Labute approximate surface area is 161 Å². The third-order valence-corrected chi connectivity index (χ3v) is 7.68. The predicted octanol–water partition coefficient (Wildman–Crippen LogP) is 5.14. The first-order chi connectivity index (χ1) is 12.4.